The summed E-state index contributed by atoms with van der Waals surface area (Å²) in [6.45, 7) is 2.65. The minimum Gasteiger partial charge on any atom is -0.378 e. The Kier molecular flexibility index (Phi) is 4.55. The maximum Gasteiger partial charge on any atom is 0.456 e. The molecule has 1 nitrogen and oxygen atoms in total. The molecule has 23 heavy (non-hydrogen) atoms. The van der Waals surface area contributed by atoms with Gasteiger partial charge in [0, 0.05) is 5.41 Å². The van der Waals surface area contributed by atoms with Crippen molar-refractivity contribution in [2.75, 3.05) is 0 Å². The molecule has 0 aromatic heterocycles. The van der Waals surface area contributed by atoms with Crippen molar-refractivity contribution in [3.05, 3.63) is 35.4 Å². The fourth-order valence-corrected chi connectivity index (χ4v) is 2.21. The number of aliphatic hydroxyl groups is 1. The molecule has 9 heteroatoms. The summed E-state index contributed by atoms with van der Waals surface area (Å²) in [5, 5.41) is 10.2. The van der Waals surface area contributed by atoms with Crippen molar-refractivity contribution in [3.8, 4) is 0 Å². The summed E-state index contributed by atoms with van der Waals surface area (Å²) in [6, 6.07) is 1.89. The Morgan fingerprint density at radius 2 is 1.22 bits per heavy atom. The number of rotatable bonds is 2. The zero-order valence-corrected chi connectivity index (χ0v) is 12.3. The van der Waals surface area contributed by atoms with Crippen LogP contribution in [0.25, 0.3) is 0 Å². The van der Waals surface area contributed by atoms with E-state index in [-0.39, 0.29) is 6.07 Å². The van der Waals surface area contributed by atoms with Gasteiger partial charge < -0.3 is 5.11 Å². The lowest BCUT2D eigenvalue weighted by Gasteiger charge is -2.46. The van der Waals surface area contributed by atoms with E-state index in [0.717, 1.165) is 20.8 Å². The maximum absolute atomic E-state index is 13.9. The van der Waals surface area contributed by atoms with E-state index >= 15 is 0 Å². The third kappa shape index (κ3) is 3.15. The molecule has 0 heterocycles. The summed E-state index contributed by atoms with van der Waals surface area (Å²) >= 11 is 0. The van der Waals surface area contributed by atoms with Crippen molar-refractivity contribution < 1.29 is 40.2 Å². The molecule has 0 saturated carbocycles. The zero-order valence-electron chi connectivity index (χ0n) is 12.3. The van der Waals surface area contributed by atoms with Gasteiger partial charge in [-0.2, -0.15) is 35.1 Å². The lowest BCUT2D eigenvalue weighted by molar-refractivity contribution is -0.366. The molecule has 0 aliphatic carbocycles. The fraction of sp³-hybridized carbons (Fsp3) is 0.571. The van der Waals surface area contributed by atoms with Crippen molar-refractivity contribution in [2.45, 2.75) is 44.6 Å². The van der Waals surface area contributed by atoms with E-state index in [1.807, 2.05) is 0 Å². The van der Waals surface area contributed by atoms with Crippen LogP contribution in [-0.4, -0.2) is 17.2 Å². The van der Waals surface area contributed by atoms with Crippen LogP contribution in [0.5, 0.6) is 0 Å². The van der Waals surface area contributed by atoms with Gasteiger partial charge in [0.1, 0.15) is 0 Å². The van der Waals surface area contributed by atoms with E-state index in [0.29, 0.717) is 18.2 Å². The molecular formula is C14H14F8O. The molecule has 0 fully saturated rings. The molecule has 132 valence electrons. The second-order valence-corrected chi connectivity index (χ2v) is 6.11. The Bertz CT molecular complexity index is 567. The standard InChI is InChI=1S/C14H14F8O/c1-10(2,3)11(23,13(18,19)14(20,21)22)8-5-4-6-9(7-8)12(15,16)17/h4-7,23H,1-3H3. The predicted molar refractivity (Wildman–Crippen MR) is 65.8 cm³/mol. The summed E-state index contributed by atoms with van der Waals surface area (Å²) in [7, 11) is 0. The zero-order chi connectivity index (χ0) is 18.5. The second-order valence-electron chi connectivity index (χ2n) is 6.11. The van der Waals surface area contributed by atoms with Gasteiger partial charge in [-0.05, 0) is 17.7 Å². The van der Waals surface area contributed by atoms with Crippen LogP contribution < -0.4 is 0 Å². The van der Waals surface area contributed by atoms with Crippen LogP contribution in [0.2, 0.25) is 0 Å². The molecule has 1 aromatic carbocycles. The van der Waals surface area contributed by atoms with E-state index in [9.17, 15) is 40.2 Å². The Morgan fingerprint density at radius 3 is 1.57 bits per heavy atom. The minimum atomic E-state index is -6.15. The Balaban J connectivity index is 3.70. The molecule has 0 amide bonds. The molecular weight excluding hydrogens is 336 g/mol. The molecule has 1 atom stereocenters. The first-order valence-corrected chi connectivity index (χ1v) is 6.31. The van der Waals surface area contributed by atoms with Crippen molar-refractivity contribution >= 4 is 0 Å². The molecule has 0 aliphatic heterocycles. The molecule has 1 rings (SSSR count). The van der Waals surface area contributed by atoms with E-state index in [1.54, 1.807) is 0 Å². The van der Waals surface area contributed by atoms with Crippen LogP contribution in [-0.2, 0) is 11.8 Å². The highest BCUT2D eigenvalue weighted by atomic mass is 19.4. The van der Waals surface area contributed by atoms with Crippen molar-refractivity contribution in [1.29, 1.82) is 0 Å². The quantitative estimate of drug-likeness (QED) is 0.733. The first-order valence-electron chi connectivity index (χ1n) is 6.31. The van der Waals surface area contributed by atoms with Crippen LogP contribution in [0.1, 0.15) is 31.9 Å². The van der Waals surface area contributed by atoms with E-state index < -0.39 is 40.4 Å². The first kappa shape index (κ1) is 19.7. The minimum absolute atomic E-state index is 0.102. The fourth-order valence-electron chi connectivity index (χ4n) is 2.21. The lowest BCUT2D eigenvalue weighted by atomic mass is 9.68. The Labute approximate surface area is 126 Å². The Hall–Kier alpha value is -1.38. The van der Waals surface area contributed by atoms with Crippen molar-refractivity contribution in [1.82, 2.24) is 0 Å². The summed E-state index contributed by atoms with van der Waals surface area (Å²) in [5.41, 5.74) is -8.60. The molecule has 0 aliphatic rings. The highest BCUT2D eigenvalue weighted by molar-refractivity contribution is 5.34. The molecule has 0 bridgehead atoms. The van der Waals surface area contributed by atoms with Crippen LogP contribution in [0, 0.1) is 5.41 Å². The maximum atomic E-state index is 13.9. The van der Waals surface area contributed by atoms with Gasteiger partial charge in [0.15, 0.2) is 5.60 Å². The van der Waals surface area contributed by atoms with E-state index in [4.69, 9.17) is 0 Å². The topological polar surface area (TPSA) is 20.2 Å². The molecule has 1 N–H and O–H groups in total. The second kappa shape index (κ2) is 5.32. The average molecular weight is 350 g/mol. The van der Waals surface area contributed by atoms with Gasteiger partial charge in [0.2, 0.25) is 0 Å². The summed E-state index contributed by atoms with van der Waals surface area (Å²) in [6.07, 6.45) is -11.1. The molecule has 0 saturated heterocycles. The monoisotopic (exact) mass is 350 g/mol. The molecule has 1 aromatic rings. The van der Waals surface area contributed by atoms with Crippen molar-refractivity contribution in [3.63, 3.8) is 0 Å². The van der Waals surface area contributed by atoms with Crippen molar-refractivity contribution in [2.24, 2.45) is 5.41 Å². The van der Waals surface area contributed by atoms with Gasteiger partial charge in [-0.3, -0.25) is 0 Å². The summed E-state index contributed by atoms with van der Waals surface area (Å²) in [4.78, 5) is 0. The van der Waals surface area contributed by atoms with Gasteiger partial charge in [0.25, 0.3) is 0 Å². The van der Waals surface area contributed by atoms with Crippen LogP contribution in [0.3, 0.4) is 0 Å². The SMILES string of the molecule is CC(C)(C)C(O)(c1cccc(C(F)(F)F)c1)C(F)(F)C(F)(F)F. The third-order valence-corrected chi connectivity index (χ3v) is 3.50. The van der Waals surface area contributed by atoms with Crippen LogP contribution >= 0.6 is 0 Å². The number of hydrogen-bond acceptors (Lipinski definition) is 1. The van der Waals surface area contributed by atoms with Crippen LogP contribution in [0.15, 0.2) is 24.3 Å². The van der Waals surface area contributed by atoms with Gasteiger partial charge in [-0.25, -0.2) is 0 Å². The largest absolute Gasteiger partial charge is 0.456 e. The normalized spacial score (nSPS) is 17.0. The first-order chi connectivity index (χ1) is 9.96. The number of benzene rings is 1. The third-order valence-electron chi connectivity index (χ3n) is 3.50. The van der Waals surface area contributed by atoms with E-state index in [2.05, 4.69) is 0 Å². The highest BCUT2D eigenvalue weighted by Crippen LogP contribution is 2.56. The summed E-state index contributed by atoms with van der Waals surface area (Å²) in [5.74, 6) is -5.66. The van der Waals surface area contributed by atoms with Gasteiger partial charge >= 0.3 is 18.3 Å². The predicted octanol–water partition coefficient (Wildman–Crippen LogP) is 5.14. The molecule has 0 radical (unpaired) electrons. The number of halogens is 8. The summed E-state index contributed by atoms with van der Waals surface area (Å²) < 4.78 is 104. The van der Waals surface area contributed by atoms with Gasteiger partial charge in [-0.1, -0.05) is 32.9 Å². The van der Waals surface area contributed by atoms with Gasteiger partial charge in [-0.15, -0.1) is 0 Å². The lowest BCUT2D eigenvalue weighted by Crippen LogP contribution is -2.61. The number of alkyl halides is 8. The van der Waals surface area contributed by atoms with E-state index in [1.165, 1.54) is 0 Å². The molecule has 1 unspecified atom stereocenters. The smallest absolute Gasteiger partial charge is 0.378 e. The van der Waals surface area contributed by atoms with Crippen LogP contribution in [0.4, 0.5) is 35.1 Å². The highest BCUT2D eigenvalue weighted by Gasteiger charge is 2.73. The molecule has 0 spiro atoms. The average Bonchev–Trinajstić information content (AvgIpc) is 2.34. The van der Waals surface area contributed by atoms with Gasteiger partial charge in [0.05, 0.1) is 5.56 Å². The Morgan fingerprint density at radius 1 is 0.783 bits per heavy atom. The number of hydrogen-bond donors (Lipinski definition) is 1.